The Morgan fingerprint density at radius 2 is 1.21 bits per heavy atom. The number of unbranched alkanes of at least 4 members (excludes halogenated alkanes) is 8. The SMILES string of the molecule is CCCCC(C)CCCCCCCCCCC(CC(=O)O)C(=O)O. The van der Waals surface area contributed by atoms with Gasteiger partial charge in [-0.2, -0.15) is 0 Å². The van der Waals surface area contributed by atoms with Crippen molar-refractivity contribution >= 4 is 11.9 Å². The Kier molecular flexibility index (Phi) is 14.8. The molecule has 0 aromatic carbocycles. The number of hydrogen-bond acceptors (Lipinski definition) is 2. The molecule has 0 aliphatic heterocycles. The van der Waals surface area contributed by atoms with Gasteiger partial charge in [-0.25, -0.2) is 0 Å². The Balaban J connectivity index is 3.41. The van der Waals surface area contributed by atoms with Gasteiger partial charge >= 0.3 is 11.9 Å². The van der Waals surface area contributed by atoms with Crippen LogP contribution in [0.5, 0.6) is 0 Å². The summed E-state index contributed by atoms with van der Waals surface area (Å²) in [7, 11) is 0. The smallest absolute Gasteiger partial charge is 0.307 e. The summed E-state index contributed by atoms with van der Waals surface area (Å²) in [5.41, 5.74) is 0. The predicted octanol–water partition coefficient (Wildman–Crippen LogP) is 5.89. The van der Waals surface area contributed by atoms with Crippen molar-refractivity contribution < 1.29 is 19.8 Å². The Labute approximate surface area is 148 Å². The Morgan fingerprint density at radius 1 is 0.750 bits per heavy atom. The molecule has 0 heterocycles. The fourth-order valence-electron chi connectivity index (χ4n) is 3.16. The molecule has 4 nitrogen and oxygen atoms in total. The lowest BCUT2D eigenvalue weighted by Crippen LogP contribution is -2.17. The van der Waals surface area contributed by atoms with Crippen LogP contribution in [-0.4, -0.2) is 22.2 Å². The monoisotopic (exact) mass is 342 g/mol. The molecule has 4 heteroatoms. The van der Waals surface area contributed by atoms with E-state index in [0.29, 0.717) is 6.42 Å². The van der Waals surface area contributed by atoms with Gasteiger partial charge in [0.05, 0.1) is 12.3 Å². The summed E-state index contributed by atoms with van der Waals surface area (Å²) in [6.45, 7) is 4.62. The first-order valence-corrected chi connectivity index (χ1v) is 9.92. The van der Waals surface area contributed by atoms with Crippen LogP contribution in [0, 0.1) is 11.8 Å². The van der Waals surface area contributed by atoms with E-state index in [1.807, 2.05) is 0 Å². The van der Waals surface area contributed by atoms with E-state index in [0.717, 1.165) is 25.2 Å². The fourth-order valence-corrected chi connectivity index (χ4v) is 3.16. The standard InChI is InChI=1S/C20H38O4/c1-3-4-13-17(2)14-11-9-7-5-6-8-10-12-15-18(20(23)24)16-19(21)22/h17-18H,3-16H2,1-2H3,(H,21,22)(H,23,24). The minimum Gasteiger partial charge on any atom is -0.481 e. The molecular formula is C20H38O4. The Bertz CT molecular complexity index is 328. The number of aliphatic carboxylic acids is 2. The highest BCUT2D eigenvalue weighted by atomic mass is 16.4. The third kappa shape index (κ3) is 14.5. The minimum absolute atomic E-state index is 0.258. The van der Waals surface area contributed by atoms with E-state index >= 15 is 0 Å². The average molecular weight is 343 g/mol. The summed E-state index contributed by atoms with van der Waals surface area (Å²) in [6, 6.07) is 0. The lowest BCUT2D eigenvalue weighted by atomic mass is 9.96. The van der Waals surface area contributed by atoms with E-state index < -0.39 is 17.9 Å². The molecule has 0 rings (SSSR count). The molecule has 2 atom stereocenters. The van der Waals surface area contributed by atoms with Gasteiger partial charge in [-0.05, 0) is 12.3 Å². The summed E-state index contributed by atoms with van der Waals surface area (Å²) in [5, 5.41) is 17.7. The van der Waals surface area contributed by atoms with Gasteiger partial charge in [0.2, 0.25) is 0 Å². The van der Waals surface area contributed by atoms with Crippen molar-refractivity contribution in [3.8, 4) is 0 Å². The number of carbonyl (C=O) groups is 2. The van der Waals surface area contributed by atoms with Gasteiger partial charge in [-0.15, -0.1) is 0 Å². The van der Waals surface area contributed by atoms with Gasteiger partial charge < -0.3 is 10.2 Å². The highest BCUT2D eigenvalue weighted by molar-refractivity contribution is 5.77. The summed E-state index contributed by atoms with van der Waals surface area (Å²) in [5.74, 6) is -1.85. The molecule has 0 radical (unpaired) electrons. The van der Waals surface area contributed by atoms with Crippen molar-refractivity contribution in [1.29, 1.82) is 0 Å². The molecule has 0 fully saturated rings. The van der Waals surface area contributed by atoms with Crippen molar-refractivity contribution in [2.24, 2.45) is 11.8 Å². The van der Waals surface area contributed by atoms with Crippen LogP contribution in [0.15, 0.2) is 0 Å². The zero-order valence-electron chi connectivity index (χ0n) is 15.8. The first kappa shape index (κ1) is 22.9. The summed E-state index contributed by atoms with van der Waals surface area (Å²) in [4.78, 5) is 21.5. The maximum absolute atomic E-state index is 10.9. The molecule has 0 amide bonds. The van der Waals surface area contributed by atoms with Crippen molar-refractivity contribution in [2.75, 3.05) is 0 Å². The Hall–Kier alpha value is -1.06. The summed E-state index contributed by atoms with van der Waals surface area (Å²) < 4.78 is 0. The average Bonchev–Trinajstić information content (AvgIpc) is 2.52. The lowest BCUT2D eigenvalue weighted by Gasteiger charge is -2.10. The van der Waals surface area contributed by atoms with Crippen LogP contribution in [0.4, 0.5) is 0 Å². The molecule has 0 spiro atoms. The van der Waals surface area contributed by atoms with E-state index in [4.69, 9.17) is 10.2 Å². The van der Waals surface area contributed by atoms with Gasteiger partial charge in [0, 0.05) is 0 Å². The normalized spacial score (nSPS) is 13.6. The molecule has 0 aliphatic carbocycles. The van der Waals surface area contributed by atoms with E-state index in [1.54, 1.807) is 0 Å². The third-order valence-electron chi connectivity index (χ3n) is 4.82. The summed E-state index contributed by atoms with van der Waals surface area (Å²) >= 11 is 0. The molecule has 0 aliphatic rings. The van der Waals surface area contributed by atoms with Gasteiger partial charge in [-0.3, -0.25) is 9.59 Å². The predicted molar refractivity (Wildman–Crippen MR) is 98.2 cm³/mol. The van der Waals surface area contributed by atoms with Gasteiger partial charge in [0.1, 0.15) is 0 Å². The number of carboxylic acids is 2. The molecular weight excluding hydrogens is 304 g/mol. The van der Waals surface area contributed by atoms with Crippen molar-refractivity contribution in [3.63, 3.8) is 0 Å². The summed E-state index contributed by atoms with van der Waals surface area (Å²) in [6.07, 6.45) is 15.0. The zero-order valence-corrected chi connectivity index (χ0v) is 15.8. The van der Waals surface area contributed by atoms with E-state index in [-0.39, 0.29) is 6.42 Å². The molecule has 24 heavy (non-hydrogen) atoms. The van der Waals surface area contributed by atoms with Gasteiger partial charge in [-0.1, -0.05) is 90.9 Å². The molecule has 2 unspecified atom stereocenters. The van der Waals surface area contributed by atoms with Gasteiger partial charge in [0.15, 0.2) is 0 Å². The van der Waals surface area contributed by atoms with Crippen molar-refractivity contribution in [1.82, 2.24) is 0 Å². The van der Waals surface area contributed by atoms with E-state index in [1.165, 1.54) is 57.8 Å². The number of hydrogen-bond donors (Lipinski definition) is 2. The minimum atomic E-state index is -1.02. The fraction of sp³-hybridized carbons (Fsp3) is 0.900. The molecule has 142 valence electrons. The first-order chi connectivity index (χ1) is 11.5. The molecule has 2 N–H and O–H groups in total. The maximum Gasteiger partial charge on any atom is 0.307 e. The van der Waals surface area contributed by atoms with Crippen LogP contribution in [-0.2, 0) is 9.59 Å². The quantitative estimate of drug-likeness (QED) is 0.323. The first-order valence-electron chi connectivity index (χ1n) is 9.92. The molecule has 0 saturated heterocycles. The van der Waals surface area contributed by atoms with Crippen molar-refractivity contribution in [3.05, 3.63) is 0 Å². The van der Waals surface area contributed by atoms with Crippen molar-refractivity contribution in [2.45, 2.75) is 104 Å². The van der Waals surface area contributed by atoms with Gasteiger partial charge in [0.25, 0.3) is 0 Å². The molecule has 0 aromatic rings. The number of carboxylic acid groups (broad SMARTS) is 2. The second-order valence-corrected chi connectivity index (χ2v) is 7.29. The van der Waals surface area contributed by atoms with E-state index in [2.05, 4.69) is 13.8 Å². The zero-order chi connectivity index (χ0) is 18.2. The van der Waals surface area contributed by atoms with Crippen LogP contribution in [0.3, 0.4) is 0 Å². The molecule has 0 aromatic heterocycles. The van der Waals surface area contributed by atoms with Crippen LogP contribution in [0.2, 0.25) is 0 Å². The lowest BCUT2D eigenvalue weighted by molar-refractivity contribution is -0.148. The van der Waals surface area contributed by atoms with Crippen LogP contribution in [0.1, 0.15) is 104 Å². The second-order valence-electron chi connectivity index (χ2n) is 7.29. The highest BCUT2D eigenvalue weighted by Gasteiger charge is 2.20. The van der Waals surface area contributed by atoms with Crippen LogP contribution in [0.25, 0.3) is 0 Å². The topological polar surface area (TPSA) is 74.6 Å². The third-order valence-corrected chi connectivity index (χ3v) is 4.82. The maximum atomic E-state index is 10.9. The number of rotatable bonds is 17. The highest BCUT2D eigenvalue weighted by Crippen LogP contribution is 2.18. The van der Waals surface area contributed by atoms with Crippen LogP contribution < -0.4 is 0 Å². The molecule has 0 bridgehead atoms. The second kappa shape index (κ2) is 15.5. The van der Waals surface area contributed by atoms with Crippen LogP contribution >= 0.6 is 0 Å². The largest absolute Gasteiger partial charge is 0.481 e. The molecule has 0 saturated carbocycles. The Morgan fingerprint density at radius 3 is 1.67 bits per heavy atom. The van der Waals surface area contributed by atoms with E-state index in [9.17, 15) is 9.59 Å².